The number of imidazole rings is 1. The van der Waals surface area contributed by atoms with Gasteiger partial charge in [-0.15, -0.1) is 0 Å². The van der Waals surface area contributed by atoms with Crippen LogP contribution in [0.2, 0.25) is 0 Å². The van der Waals surface area contributed by atoms with E-state index in [4.69, 9.17) is 5.73 Å². The molecule has 2 aromatic heterocycles. The summed E-state index contributed by atoms with van der Waals surface area (Å²) in [6.45, 7) is 3.03. The highest BCUT2D eigenvalue weighted by Gasteiger charge is 2.08. The lowest BCUT2D eigenvalue weighted by Crippen LogP contribution is -2.01. The van der Waals surface area contributed by atoms with Gasteiger partial charge in [0, 0.05) is 18.3 Å². The number of para-hydroxylation sites is 1. The van der Waals surface area contributed by atoms with Crippen LogP contribution in [0.15, 0.2) is 36.5 Å². The highest BCUT2D eigenvalue weighted by Crippen LogP contribution is 2.24. The molecule has 0 atom stereocenters. The van der Waals surface area contributed by atoms with Crippen molar-refractivity contribution >= 4 is 22.5 Å². The van der Waals surface area contributed by atoms with Crippen LogP contribution in [-0.2, 0) is 0 Å². The van der Waals surface area contributed by atoms with E-state index in [9.17, 15) is 0 Å². The summed E-state index contributed by atoms with van der Waals surface area (Å²) in [5.41, 5.74) is 9.37. The molecule has 0 amide bonds. The third-order valence-electron chi connectivity index (χ3n) is 3.13. The van der Waals surface area contributed by atoms with Crippen LogP contribution in [0.3, 0.4) is 0 Å². The van der Waals surface area contributed by atoms with Crippen LogP contribution in [0.25, 0.3) is 22.4 Å². The quantitative estimate of drug-likeness (QED) is 0.635. The summed E-state index contributed by atoms with van der Waals surface area (Å²) in [7, 11) is 0. The molecule has 0 saturated carbocycles. The van der Waals surface area contributed by atoms with E-state index in [1.807, 2.05) is 30.3 Å². The summed E-state index contributed by atoms with van der Waals surface area (Å²) in [6, 6.07) is 9.67. The predicted octanol–water partition coefficient (Wildman–Crippen LogP) is 3.03. The molecule has 0 spiro atoms. The maximum atomic E-state index is 5.94. The van der Waals surface area contributed by atoms with Crippen LogP contribution in [-0.4, -0.2) is 21.5 Å². The maximum Gasteiger partial charge on any atom is 0.138 e. The van der Waals surface area contributed by atoms with Gasteiger partial charge in [-0.3, -0.25) is 0 Å². The summed E-state index contributed by atoms with van der Waals surface area (Å²) >= 11 is 0. The van der Waals surface area contributed by atoms with E-state index in [1.165, 1.54) is 0 Å². The number of H-pyrrole nitrogens is 1. The number of nitrogens with two attached hydrogens (primary N) is 1. The summed E-state index contributed by atoms with van der Waals surface area (Å²) in [4.78, 5) is 12.2. The summed E-state index contributed by atoms with van der Waals surface area (Å²) in [5.74, 6) is 1.66. The zero-order chi connectivity index (χ0) is 13.9. The van der Waals surface area contributed by atoms with Crippen molar-refractivity contribution < 1.29 is 0 Å². The molecule has 5 heteroatoms. The van der Waals surface area contributed by atoms with E-state index in [2.05, 4.69) is 27.2 Å². The first-order chi connectivity index (χ1) is 9.78. The smallest absolute Gasteiger partial charge is 0.138 e. The lowest BCUT2D eigenvalue weighted by atomic mass is 10.2. The first-order valence-electron chi connectivity index (χ1n) is 6.72. The first kappa shape index (κ1) is 12.5. The van der Waals surface area contributed by atoms with Crippen molar-refractivity contribution in [3.05, 3.63) is 36.5 Å². The lowest BCUT2D eigenvalue weighted by molar-refractivity contribution is 0.969. The van der Waals surface area contributed by atoms with Gasteiger partial charge in [0.15, 0.2) is 0 Å². The Hall–Kier alpha value is -2.56. The van der Waals surface area contributed by atoms with Crippen molar-refractivity contribution in [2.24, 2.45) is 0 Å². The average molecular weight is 267 g/mol. The Morgan fingerprint density at radius 1 is 1.30 bits per heavy atom. The van der Waals surface area contributed by atoms with Gasteiger partial charge in [-0.25, -0.2) is 9.97 Å². The molecule has 2 heterocycles. The molecule has 0 fully saturated rings. The minimum Gasteiger partial charge on any atom is -0.397 e. The van der Waals surface area contributed by atoms with Gasteiger partial charge in [-0.1, -0.05) is 13.0 Å². The van der Waals surface area contributed by atoms with Crippen molar-refractivity contribution in [3.8, 4) is 11.4 Å². The van der Waals surface area contributed by atoms with Crippen LogP contribution in [0, 0.1) is 0 Å². The molecule has 4 N–H and O–H groups in total. The van der Waals surface area contributed by atoms with Crippen molar-refractivity contribution in [2.75, 3.05) is 17.6 Å². The molecule has 0 aliphatic rings. The number of pyridine rings is 1. The fourth-order valence-corrected chi connectivity index (χ4v) is 2.12. The van der Waals surface area contributed by atoms with Crippen LogP contribution >= 0.6 is 0 Å². The molecular formula is C15H17N5. The van der Waals surface area contributed by atoms with Gasteiger partial charge in [0.25, 0.3) is 0 Å². The number of aromatic nitrogens is 3. The third kappa shape index (κ3) is 2.30. The van der Waals surface area contributed by atoms with Crippen molar-refractivity contribution in [1.29, 1.82) is 0 Å². The van der Waals surface area contributed by atoms with Gasteiger partial charge in [0.1, 0.15) is 17.2 Å². The highest BCUT2D eigenvalue weighted by atomic mass is 15.0. The zero-order valence-corrected chi connectivity index (χ0v) is 11.4. The van der Waals surface area contributed by atoms with Gasteiger partial charge < -0.3 is 16.0 Å². The molecule has 3 aromatic rings. The van der Waals surface area contributed by atoms with Crippen LogP contribution in [0.4, 0.5) is 11.5 Å². The topological polar surface area (TPSA) is 79.6 Å². The Bertz CT molecular complexity index is 732. The second kappa shape index (κ2) is 5.21. The third-order valence-corrected chi connectivity index (χ3v) is 3.13. The number of aromatic amines is 1. The maximum absolute atomic E-state index is 5.94. The van der Waals surface area contributed by atoms with Crippen LogP contribution in [0.1, 0.15) is 13.3 Å². The molecule has 0 unspecified atom stereocenters. The zero-order valence-electron chi connectivity index (χ0n) is 11.4. The predicted molar refractivity (Wildman–Crippen MR) is 82.5 cm³/mol. The van der Waals surface area contributed by atoms with E-state index in [1.54, 1.807) is 6.20 Å². The van der Waals surface area contributed by atoms with Gasteiger partial charge >= 0.3 is 0 Å². The average Bonchev–Trinajstić information content (AvgIpc) is 2.91. The lowest BCUT2D eigenvalue weighted by Gasteiger charge is -2.04. The second-order valence-electron chi connectivity index (χ2n) is 4.69. The van der Waals surface area contributed by atoms with Crippen LogP contribution in [0.5, 0.6) is 0 Å². The Morgan fingerprint density at radius 2 is 2.20 bits per heavy atom. The number of nitrogens with zero attached hydrogens (tertiary/aromatic N) is 2. The molecule has 5 nitrogen and oxygen atoms in total. The first-order valence-corrected chi connectivity index (χ1v) is 6.72. The van der Waals surface area contributed by atoms with Gasteiger partial charge in [-0.05, 0) is 30.7 Å². The fourth-order valence-electron chi connectivity index (χ4n) is 2.12. The molecule has 0 bridgehead atoms. The van der Waals surface area contributed by atoms with E-state index in [0.29, 0.717) is 5.69 Å². The van der Waals surface area contributed by atoms with E-state index >= 15 is 0 Å². The number of nitrogen functional groups attached to an aromatic ring is 1. The van der Waals surface area contributed by atoms with E-state index in [0.717, 1.165) is 41.2 Å². The molecule has 0 radical (unpaired) electrons. The van der Waals surface area contributed by atoms with Crippen molar-refractivity contribution in [3.63, 3.8) is 0 Å². The fraction of sp³-hybridized carbons (Fsp3) is 0.200. The number of benzene rings is 1. The van der Waals surface area contributed by atoms with Crippen LogP contribution < -0.4 is 11.1 Å². The van der Waals surface area contributed by atoms with Crippen molar-refractivity contribution in [1.82, 2.24) is 15.0 Å². The number of nitrogens with one attached hydrogen (secondary N) is 2. The molecule has 20 heavy (non-hydrogen) atoms. The van der Waals surface area contributed by atoms with Gasteiger partial charge in [-0.2, -0.15) is 0 Å². The Balaban J connectivity index is 2.00. The van der Waals surface area contributed by atoms with Gasteiger partial charge in [0.05, 0.1) is 11.2 Å². The summed E-state index contributed by atoms with van der Waals surface area (Å²) in [5, 5.41) is 3.27. The number of hydrogen-bond donors (Lipinski definition) is 3. The SMILES string of the molecule is CCCNc1cc(-c2nc3c(N)cccc3[nH]2)ccn1. The molecule has 1 aromatic carbocycles. The van der Waals surface area contributed by atoms with E-state index < -0.39 is 0 Å². The van der Waals surface area contributed by atoms with E-state index in [-0.39, 0.29) is 0 Å². The minimum absolute atomic E-state index is 0.684. The van der Waals surface area contributed by atoms with Crippen molar-refractivity contribution in [2.45, 2.75) is 13.3 Å². The molecule has 3 rings (SSSR count). The molecule has 0 saturated heterocycles. The van der Waals surface area contributed by atoms with Gasteiger partial charge in [0.2, 0.25) is 0 Å². The standard InChI is InChI=1S/C15H17N5/c1-2-7-17-13-9-10(6-8-18-13)15-19-12-5-3-4-11(16)14(12)20-15/h3-6,8-9H,2,7,16H2,1H3,(H,17,18)(H,19,20). The molecule has 0 aliphatic carbocycles. The highest BCUT2D eigenvalue weighted by molar-refractivity contribution is 5.89. The molecular weight excluding hydrogens is 250 g/mol. The summed E-state index contributed by atoms with van der Waals surface area (Å²) < 4.78 is 0. The largest absolute Gasteiger partial charge is 0.397 e. The second-order valence-corrected chi connectivity index (χ2v) is 4.69. The molecule has 102 valence electrons. The molecule has 0 aliphatic heterocycles. The normalized spacial score (nSPS) is 10.8. The number of rotatable bonds is 4. The number of anilines is 2. The Morgan fingerprint density at radius 3 is 3.00 bits per heavy atom. The Labute approximate surface area is 117 Å². The Kier molecular flexibility index (Phi) is 3.25. The summed E-state index contributed by atoms with van der Waals surface area (Å²) in [6.07, 6.45) is 2.84. The number of hydrogen-bond acceptors (Lipinski definition) is 4. The number of fused-ring (bicyclic) bond motifs is 1. The monoisotopic (exact) mass is 267 g/mol. The minimum atomic E-state index is 0.684.